The van der Waals surface area contributed by atoms with Crippen molar-refractivity contribution in [1.82, 2.24) is 5.32 Å². The molecule has 2 N–H and O–H groups in total. The van der Waals surface area contributed by atoms with E-state index < -0.39 is 29.2 Å². The number of halogens is 2. The fraction of sp³-hybridized carbons (Fsp3) is 0.211. The Morgan fingerprint density at radius 2 is 1.84 bits per heavy atom. The third-order valence-corrected chi connectivity index (χ3v) is 3.42. The predicted octanol–water partition coefficient (Wildman–Crippen LogP) is 3.23. The number of rotatable bonds is 7. The SMILES string of the molecule is CCOc1ccc(/C=C/C(=O)NCC(O)c2c(F)cccc2F)cc1. The molecule has 6 heteroatoms. The highest BCUT2D eigenvalue weighted by Crippen LogP contribution is 2.20. The Morgan fingerprint density at radius 1 is 1.20 bits per heavy atom. The Bertz CT molecular complexity index is 725. The molecule has 4 nitrogen and oxygen atoms in total. The van der Waals surface area contributed by atoms with Crippen LogP contribution in [0.2, 0.25) is 0 Å². The molecule has 0 aliphatic rings. The van der Waals surface area contributed by atoms with Gasteiger partial charge in [-0.1, -0.05) is 18.2 Å². The van der Waals surface area contributed by atoms with Crippen molar-refractivity contribution in [2.45, 2.75) is 13.0 Å². The van der Waals surface area contributed by atoms with Gasteiger partial charge in [0.15, 0.2) is 0 Å². The maximum absolute atomic E-state index is 13.5. The van der Waals surface area contributed by atoms with Gasteiger partial charge >= 0.3 is 0 Å². The summed E-state index contributed by atoms with van der Waals surface area (Å²) in [5.74, 6) is -1.46. The average Bonchev–Trinajstić information content (AvgIpc) is 2.59. The Labute approximate surface area is 144 Å². The molecule has 2 aromatic carbocycles. The van der Waals surface area contributed by atoms with E-state index in [2.05, 4.69) is 5.32 Å². The molecule has 1 atom stereocenters. The van der Waals surface area contributed by atoms with E-state index in [1.165, 1.54) is 12.1 Å². The van der Waals surface area contributed by atoms with Crippen molar-refractivity contribution >= 4 is 12.0 Å². The zero-order chi connectivity index (χ0) is 18.2. The van der Waals surface area contributed by atoms with E-state index >= 15 is 0 Å². The first-order valence-electron chi connectivity index (χ1n) is 7.82. The van der Waals surface area contributed by atoms with Crippen molar-refractivity contribution < 1.29 is 23.4 Å². The van der Waals surface area contributed by atoms with Crippen LogP contribution in [0, 0.1) is 11.6 Å². The number of nitrogens with one attached hydrogen (secondary N) is 1. The van der Waals surface area contributed by atoms with Gasteiger partial charge in [-0.25, -0.2) is 8.78 Å². The predicted molar refractivity (Wildman–Crippen MR) is 91.0 cm³/mol. The summed E-state index contributed by atoms with van der Waals surface area (Å²) in [5, 5.41) is 12.3. The van der Waals surface area contributed by atoms with Crippen molar-refractivity contribution in [2.75, 3.05) is 13.2 Å². The van der Waals surface area contributed by atoms with E-state index in [0.29, 0.717) is 6.61 Å². The molecule has 25 heavy (non-hydrogen) atoms. The van der Waals surface area contributed by atoms with E-state index in [4.69, 9.17) is 4.74 Å². The summed E-state index contributed by atoms with van der Waals surface area (Å²) in [6, 6.07) is 10.5. The summed E-state index contributed by atoms with van der Waals surface area (Å²) in [6.45, 7) is 2.16. The monoisotopic (exact) mass is 347 g/mol. The molecular formula is C19H19F2NO3. The molecule has 1 amide bonds. The van der Waals surface area contributed by atoms with Crippen LogP contribution in [0.4, 0.5) is 8.78 Å². The van der Waals surface area contributed by atoms with Gasteiger partial charge < -0.3 is 15.2 Å². The fourth-order valence-electron chi connectivity index (χ4n) is 2.20. The van der Waals surface area contributed by atoms with Gasteiger partial charge in [0, 0.05) is 12.6 Å². The second-order valence-electron chi connectivity index (χ2n) is 5.23. The number of hydrogen-bond donors (Lipinski definition) is 2. The van der Waals surface area contributed by atoms with Gasteiger partial charge in [-0.2, -0.15) is 0 Å². The van der Waals surface area contributed by atoms with Crippen molar-refractivity contribution in [1.29, 1.82) is 0 Å². The molecule has 1 unspecified atom stereocenters. The molecule has 0 bridgehead atoms. The maximum atomic E-state index is 13.5. The molecule has 0 radical (unpaired) electrons. The Hall–Kier alpha value is -2.73. The zero-order valence-corrected chi connectivity index (χ0v) is 13.7. The molecule has 0 saturated carbocycles. The fourth-order valence-corrected chi connectivity index (χ4v) is 2.20. The van der Waals surface area contributed by atoms with Crippen LogP contribution < -0.4 is 10.1 Å². The van der Waals surface area contributed by atoms with Crippen LogP contribution in [0.25, 0.3) is 6.08 Å². The number of aliphatic hydroxyl groups excluding tert-OH is 1. The van der Waals surface area contributed by atoms with Gasteiger partial charge in [0.25, 0.3) is 0 Å². The zero-order valence-electron chi connectivity index (χ0n) is 13.7. The Morgan fingerprint density at radius 3 is 2.44 bits per heavy atom. The first kappa shape index (κ1) is 18.6. The molecule has 2 aromatic rings. The van der Waals surface area contributed by atoms with Gasteiger partial charge in [0.05, 0.1) is 12.2 Å². The number of aliphatic hydroxyl groups is 1. The van der Waals surface area contributed by atoms with E-state index in [1.807, 2.05) is 6.92 Å². The second-order valence-corrected chi connectivity index (χ2v) is 5.23. The summed E-state index contributed by atoms with van der Waals surface area (Å²) >= 11 is 0. The largest absolute Gasteiger partial charge is 0.494 e. The molecule has 0 aliphatic heterocycles. The number of hydrogen-bond acceptors (Lipinski definition) is 3. The van der Waals surface area contributed by atoms with Crippen LogP contribution in [-0.4, -0.2) is 24.2 Å². The lowest BCUT2D eigenvalue weighted by Crippen LogP contribution is -2.27. The maximum Gasteiger partial charge on any atom is 0.244 e. The number of carbonyl (C=O) groups is 1. The normalized spacial score (nSPS) is 12.2. The summed E-state index contributed by atoms with van der Waals surface area (Å²) in [4.78, 5) is 11.8. The molecule has 0 heterocycles. The van der Waals surface area contributed by atoms with E-state index in [9.17, 15) is 18.7 Å². The lowest BCUT2D eigenvalue weighted by atomic mass is 10.1. The summed E-state index contributed by atoms with van der Waals surface area (Å²) in [5.41, 5.74) is 0.331. The summed E-state index contributed by atoms with van der Waals surface area (Å²) in [6.07, 6.45) is 1.39. The summed E-state index contributed by atoms with van der Waals surface area (Å²) < 4.78 is 32.4. The average molecular weight is 347 g/mol. The molecule has 0 saturated heterocycles. The minimum Gasteiger partial charge on any atom is -0.494 e. The number of carbonyl (C=O) groups excluding carboxylic acids is 1. The van der Waals surface area contributed by atoms with E-state index in [1.54, 1.807) is 30.3 Å². The van der Waals surface area contributed by atoms with Gasteiger partial charge in [0.2, 0.25) is 5.91 Å². The molecular weight excluding hydrogens is 328 g/mol. The van der Waals surface area contributed by atoms with Crippen molar-refractivity contribution in [3.63, 3.8) is 0 Å². The topological polar surface area (TPSA) is 58.6 Å². The summed E-state index contributed by atoms with van der Waals surface area (Å²) in [7, 11) is 0. The van der Waals surface area contributed by atoms with Gasteiger partial charge in [-0.15, -0.1) is 0 Å². The van der Waals surface area contributed by atoms with Crippen LogP contribution in [0.5, 0.6) is 5.75 Å². The molecule has 0 spiro atoms. The molecule has 132 valence electrons. The molecule has 0 aromatic heterocycles. The van der Waals surface area contributed by atoms with Crippen LogP contribution in [0.3, 0.4) is 0 Å². The minimum atomic E-state index is -1.47. The molecule has 0 fully saturated rings. The van der Waals surface area contributed by atoms with Crippen LogP contribution in [0.1, 0.15) is 24.2 Å². The lowest BCUT2D eigenvalue weighted by molar-refractivity contribution is -0.116. The third-order valence-electron chi connectivity index (χ3n) is 3.42. The number of benzene rings is 2. The Balaban J connectivity index is 1.89. The van der Waals surface area contributed by atoms with Crippen molar-refractivity contribution in [3.05, 3.63) is 71.3 Å². The van der Waals surface area contributed by atoms with Crippen LogP contribution in [0.15, 0.2) is 48.5 Å². The van der Waals surface area contributed by atoms with E-state index in [-0.39, 0.29) is 6.54 Å². The molecule has 0 aliphatic carbocycles. The van der Waals surface area contributed by atoms with Gasteiger partial charge in [-0.3, -0.25) is 4.79 Å². The highest BCUT2D eigenvalue weighted by molar-refractivity contribution is 5.91. The third kappa shape index (κ3) is 5.39. The highest BCUT2D eigenvalue weighted by atomic mass is 19.1. The first-order valence-corrected chi connectivity index (χ1v) is 7.82. The lowest BCUT2D eigenvalue weighted by Gasteiger charge is -2.13. The number of amides is 1. The van der Waals surface area contributed by atoms with Crippen molar-refractivity contribution in [2.24, 2.45) is 0 Å². The Kier molecular flexibility index (Phi) is 6.65. The first-order chi connectivity index (χ1) is 12.0. The van der Waals surface area contributed by atoms with Crippen molar-refractivity contribution in [3.8, 4) is 5.75 Å². The van der Waals surface area contributed by atoms with Gasteiger partial charge in [-0.05, 0) is 42.8 Å². The van der Waals surface area contributed by atoms with E-state index in [0.717, 1.165) is 23.4 Å². The highest BCUT2D eigenvalue weighted by Gasteiger charge is 2.17. The van der Waals surface area contributed by atoms with Crippen LogP contribution in [-0.2, 0) is 4.79 Å². The van der Waals surface area contributed by atoms with Crippen LogP contribution >= 0.6 is 0 Å². The molecule has 2 rings (SSSR count). The number of ether oxygens (including phenoxy) is 1. The minimum absolute atomic E-state index is 0.301. The quantitative estimate of drug-likeness (QED) is 0.756. The second kappa shape index (κ2) is 8.94. The smallest absolute Gasteiger partial charge is 0.244 e. The van der Waals surface area contributed by atoms with Gasteiger partial charge in [0.1, 0.15) is 23.5 Å². The standard InChI is InChI=1S/C19H19F2NO3/c1-2-25-14-9-6-13(7-10-14)8-11-18(24)22-12-17(23)19-15(20)4-3-5-16(19)21/h3-11,17,23H,2,12H2,1H3,(H,22,24)/b11-8+.